The zero-order valence-electron chi connectivity index (χ0n) is 12.4. The molecule has 0 spiro atoms. The van der Waals surface area contributed by atoms with E-state index in [-0.39, 0.29) is 17.8 Å². The van der Waals surface area contributed by atoms with Crippen molar-refractivity contribution in [3.63, 3.8) is 0 Å². The zero-order valence-corrected chi connectivity index (χ0v) is 13.2. The van der Waals surface area contributed by atoms with E-state index >= 15 is 0 Å². The van der Waals surface area contributed by atoms with Crippen LogP contribution in [0.15, 0.2) is 55.4 Å². The molecule has 1 aromatic heterocycles. The highest BCUT2D eigenvalue weighted by molar-refractivity contribution is 6.35. The maximum Gasteiger partial charge on any atom is 0.123 e. The Balaban J connectivity index is 1.88. The van der Waals surface area contributed by atoms with Crippen LogP contribution in [-0.4, -0.2) is 4.98 Å². The molecule has 4 heteroatoms. The molecule has 0 saturated heterocycles. The lowest BCUT2D eigenvalue weighted by molar-refractivity contribution is 0.582. The van der Waals surface area contributed by atoms with Crippen molar-refractivity contribution < 1.29 is 4.39 Å². The van der Waals surface area contributed by atoms with Crippen molar-refractivity contribution in [1.82, 2.24) is 10.3 Å². The number of benzene rings is 2. The van der Waals surface area contributed by atoms with Crippen molar-refractivity contribution in [2.24, 2.45) is 0 Å². The normalized spacial score (nSPS) is 19.7. The fourth-order valence-corrected chi connectivity index (χ4v) is 3.97. The smallest absolute Gasteiger partial charge is 0.123 e. The molecule has 0 saturated carbocycles. The van der Waals surface area contributed by atoms with E-state index in [1.807, 2.05) is 30.5 Å². The average Bonchev–Trinajstić information content (AvgIpc) is 3.10. The SMILES string of the molecule is C=CNC1CC(c2c[nH]c3cccc(Cl)c23)c2ccc(F)cc21. The van der Waals surface area contributed by atoms with Crippen molar-refractivity contribution in [3.05, 3.63) is 82.9 Å². The topological polar surface area (TPSA) is 27.8 Å². The van der Waals surface area contributed by atoms with Crippen molar-refractivity contribution in [2.75, 3.05) is 0 Å². The fourth-order valence-electron chi connectivity index (χ4n) is 3.69. The summed E-state index contributed by atoms with van der Waals surface area (Å²) in [5.74, 6) is -0.0334. The Bertz CT molecular complexity index is 900. The van der Waals surface area contributed by atoms with Gasteiger partial charge in [-0.2, -0.15) is 0 Å². The van der Waals surface area contributed by atoms with Crippen LogP contribution >= 0.6 is 11.6 Å². The number of aromatic amines is 1. The molecule has 1 heterocycles. The van der Waals surface area contributed by atoms with E-state index < -0.39 is 0 Å². The third kappa shape index (κ3) is 2.23. The molecule has 116 valence electrons. The molecule has 2 N–H and O–H groups in total. The molecule has 2 unspecified atom stereocenters. The van der Waals surface area contributed by atoms with Crippen molar-refractivity contribution >= 4 is 22.5 Å². The number of fused-ring (bicyclic) bond motifs is 2. The molecule has 3 aromatic rings. The van der Waals surface area contributed by atoms with E-state index in [0.717, 1.165) is 39.0 Å². The molecule has 1 aliphatic carbocycles. The Labute approximate surface area is 139 Å². The molecule has 0 radical (unpaired) electrons. The van der Waals surface area contributed by atoms with Crippen LogP contribution in [0.25, 0.3) is 10.9 Å². The highest BCUT2D eigenvalue weighted by atomic mass is 35.5. The summed E-state index contributed by atoms with van der Waals surface area (Å²) >= 11 is 6.42. The minimum atomic E-state index is -0.211. The Kier molecular flexibility index (Phi) is 3.38. The quantitative estimate of drug-likeness (QED) is 0.674. The van der Waals surface area contributed by atoms with Gasteiger partial charge >= 0.3 is 0 Å². The first-order valence-corrected chi connectivity index (χ1v) is 7.98. The molecule has 4 rings (SSSR count). The molecule has 2 atom stereocenters. The van der Waals surface area contributed by atoms with E-state index in [4.69, 9.17) is 11.6 Å². The summed E-state index contributed by atoms with van der Waals surface area (Å²) in [4.78, 5) is 3.30. The number of rotatable bonds is 3. The highest BCUT2D eigenvalue weighted by Crippen LogP contribution is 2.47. The van der Waals surface area contributed by atoms with Gasteiger partial charge in [0, 0.05) is 23.0 Å². The first-order chi connectivity index (χ1) is 11.2. The number of aromatic nitrogens is 1. The van der Waals surface area contributed by atoms with Crippen LogP contribution in [0, 0.1) is 5.82 Å². The molecular weight excluding hydrogens is 311 g/mol. The second-order valence-electron chi connectivity index (χ2n) is 5.89. The van der Waals surface area contributed by atoms with Gasteiger partial charge in [-0.1, -0.05) is 30.3 Å². The predicted molar refractivity (Wildman–Crippen MR) is 92.2 cm³/mol. The molecule has 2 nitrogen and oxygen atoms in total. The fraction of sp³-hybridized carbons (Fsp3) is 0.158. The number of H-pyrrole nitrogens is 1. The van der Waals surface area contributed by atoms with Crippen molar-refractivity contribution in [3.8, 4) is 0 Å². The molecule has 0 bridgehead atoms. The summed E-state index contributed by atoms with van der Waals surface area (Å²) < 4.78 is 13.7. The summed E-state index contributed by atoms with van der Waals surface area (Å²) in [6.07, 6.45) is 4.54. The number of nitrogens with one attached hydrogen (secondary N) is 2. The molecule has 1 aliphatic rings. The van der Waals surface area contributed by atoms with Gasteiger partial charge in [0.1, 0.15) is 5.82 Å². The van der Waals surface area contributed by atoms with Gasteiger partial charge < -0.3 is 10.3 Å². The van der Waals surface area contributed by atoms with E-state index in [0.29, 0.717) is 0 Å². The third-order valence-corrected chi connectivity index (χ3v) is 4.97. The van der Waals surface area contributed by atoms with Crippen LogP contribution < -0.4 is 5.32 Å². The predicted octanol–water partition coefficient (Wildman–Crippen LogP) is 5.27. The van der Waals surface area contributed by atoms with Gasteiger partial charge in [-0.05, 0) is 53.6 Å². The summed E-state index contributed by atoms with van der Waals surface area (Å²) in [6.45, 7) is 3.74. The van der Waals surface area contributed by atoms with Crippen LogP contribution in [0.2, 0.25) is 5.02 Å². The number of hydrogen-bond donors (Lipinski definition) is 2. The van der Waals surface area contributed by atoms with Gasteiger partial charge in [0.2, 0.25) is 0 Å². The number of halogens is 2. The summed E-state index contributed by atoms with van der Waals surface area (Å²) in [5, 5.41) is 5.02. The second-order valence-corrected chi connectivity index (χ2v) is 6.30. The lowest BCUT2D eigenvalue weighted by atomic mass is 9.92. The maximum absolute atomic E-state index is 13.7. The second kappa shape index (κ2) is 5.43. The van der Waals surface area contributed by atoms with Gasteiger partial charge in [-0.3, -0.25) is 0 Å². The highest BCUT2D eigenvalue weighted by Gasteiger charge is 2.33. The van der Waals surface area contributed by atoms with Gasteiger partial charge in [0.05, 0.1) is 11.1 Å². The van der Waals surface area contributed by atoms with Crippen molar-refractivity contribution in [2.45, 2.75) is 18.4 Å². The van der Waals surface area contributed by atoms with Crippen LogP contribution in [0.4, 0.5) is 4.39 Å². The van der Waals surface area contributed by atoms with Crippen molar-refractivity contribution in [1.29, 1.82) is 0 Å². The molecule has 0 aliphatic heterocycles. The lowest BCUT2D eigenvalue weighted by Gasteiger charge is -2.12. The lowest BCUT2D eigenvalue weighted by Crippen LogP contribution is -2.12. The van der Waals surface area contributed by atoms with Crippen LogP contribution in [0.5, 0.6) is 0 Å². The molecule has 23 heavy (non-hydrogen) atoms. The van der Waals surface area contributed by atoms with Gasteiger partial charge in [0.25, 0.3) is 0 Å². The Morgan fingerprint density at radius 2 is 2.09 bits per heavy atom. The largest absolute Gasteiger partial charge is 0.385 e. The summed E-state index contributed by atoms with van der Waals surface area (Å²) in [7, 11) is 0. The molecule has 2 aromatic carbocycles. The minimum Gasteiger partial charge on any atom is -0.385 e. The van der Waals surface area contributed by atoms with E-state index in [1.165, 1.54) is 6.07 Å². The molecule has 0 amide bonds. The Morgan fingerprint density at radius 1 is 1.22 bits per heavy atom. The third-order valence-electron chi connectivity index (χ3n) is 4.65. The van der Waals surface area contributed by atoms with Crippen LogP contribution in [0.3, 0.4) is 0 Å². The average molecular weight is 327 g/mol. The number of hydrogen-bond acceptors (Lipinski definition) is 1. The van der Waals surface area contributed by atoms with E-state index in [2.05, 4.69) is 16.9 Å². The van der Waals surface area contributed by atoms with Gasteiger partial charge in [-0.25, -0.2) is 4.39 Å². The zero-order chi connectivity index (χ0) is 16.0. The van der Waals surface area contributed by atoms with Gasteiger partial charge in [-0.15, -0.1) is 0 Å². The first kappa shape index (κ1) is 14.3. The molecular formula is C19H16ClFN2. The Hall–Kier alpha value is -2.26. The standard InChI is InChI=1S/C19H16ClFN2/c1-2-22-18-9-13(12-7-6-11(21)8-14(12)18)15-10-23-17-5-3-4-16(20)19(15)17/h2-8,10,13,18,22-23H,1,9H2. The maximum atomic E-state index is 13.7. The minimum absolute atomic E-state index is 0.0654. The molecule has 0 fully saturated rings. The van der Waals surface area contributed by atoms with E-state index in [1.54, 1.807) is 12.3 Å². The van der Waals surface area contributed by atoms with E-state index in [9.17, 15) is 4.39 Å². The summed E-state index contributed by atoms with van der Waals surface area (Å²) in [5.41, 5.74) is 4.32. The first-order valence-electron chi connectivity index (χ1n) is 7.61. The van der Waals surface area contributed by atoms with Crippen LogP contribution in [-0.2, 0) is 0 Å². The van der Waals surface area contributed by atoms with Gasteiger partial charge in [0.15, 0.2) is 0 Å². The van der Waals surface area contributed by atoms with Crippen LogP contribution in [0.1, 0.15) is 35.1 Å². The monoisotopic (exact) mass is 326 g/mol. The Morgan fingerprint density at radius 3 is 2.91 bits per heavy atom. The summed E-state index contributed by atoms with van der Waals surface area (Å²) in [6, 6.07) is 11.0.